The van der Waals surface area contributed by atoms with Crippen LogP contribution in [0.1, 0.15) is 23.7 Å². The molecule has 1 fully saturated rings. The second-order valence-corrected chi connectivity index (χ2v) is 7.11. The third-order valence-corrected chi connectivity index (χ3v) is 4.84. The van der Waals surface area contributed by atoms with Crippen molar-refractivity contribution in [1.82, 2.24) is 10.1 Å². The Morgan fingerprint density at radius 2 is 2.16 bits per heavy atom. The van der Waals surface area contributed by atoms with Crippen molar-refractivity contribution in [2.45, 2.75) is 19.3 Å². The predicted octanol–water partition coefficient (Wildman–Crippen LogP) is 4.57. The highest BCUT2D eigenvalue weighted by Crippen LogP contribution is 2.35. The summed E-state index contributed by atoms with van der Waals surface area (Å²) < 4.78 is 11.3. The van der Waals surface area contributed by atoms with Gasteiger partial charge in [-0.05, 0) is 52.7 Å². The summed E-state index contributed by atoms with van der Waals surface area (Å²) >= 11 is 9.53. The quantitative estimate of drug-likeness (QED) is 0.618. The number of anilines is 1. The van der Waals surface area contributed by atoms with Crippen LogP contribution in [0.4, 0.5) is 5.69 Å². The maximum Gasteiger partial charge on any atom is 0.293 e. The Morgan fingerprint density at radius 3 is 2.88 bits per heavy atom. The molecule has 1 unspecified atom stereocenters. The summed E-state index contributed by atoms with van der Waals surface area (Å²) in [5.41, 5.74) is 1.75. The summed E-state index contributed by atoms with van der Waals surface area (Å²) in [6.07, 6.45) is 0.311. The molecule has 0 radical (unpaired) electrons. The average molecular weight is 423 g/mol. The molecule has 1 saturated heterocycles. The maximum atomic E-state index is 12.4. The Morgan fingerprint density at radius 1 is 1.32 bits per heavy atom. The number of hydrogen-bond donors (Lipinski definition) is 0. The van der Waals surface area contributed by atoms with Gasteiger partial charge < -0.3 is 13.8 Å². The van der Waals surface area contributed by atoms with E-state index in [1.807, 2.05) is 25.1 Å². The summed E-state index contributed by atoms with van der Waals surface area (Å²) in [6.45, 7) is 2.42. The third-order valence-electron chi connectivity index (χ3n) is 4.11. The van der Waals surface area contributed by atoms with Crippen molar-refractivity contribution in [1.29, 1.82) is 0 Å². The number of amides is 1. The summed E-state index contributed by atoms with van der Waals surface area (Å²) in [5.74, 6) is 1.10. The highest BCUT2D eigenvalue weighted by atomic mass is 79.9. The lowest BCUT2D eigenvalue weighted by atomic mass is 10.1. The number of aryl methyl sites for hydroxylation is 1. The van der Waals surface area contributed by atoms with Gasteiger partial charge in [-0.1, -0.05) is 22.8 Å². The standard InChI is InChI=1S/C17H13BrClN3O3/c1-9-2-3-12(11(19)6-9)22-8-10(7-15(22)23)16-20-17(25-21-16)13-4-5-14(18)24-13/h2-6,10H,7-8H2,1H3. The zero-order valence-corrected chi connectivity index (χ0v) is 15.5. The molecule has 1 aliphatic rings. The molecule has 4 rings (SSSR count). The summed E-state index contributed by atoms with van der Waals surface area (Å²) in [7, 11) is 0. The number of furan rings is 1. The van der Waals surface area contributed by atoms with Crippen molar-refractivity contribution in [3.8, 4) is 11.7 Å². The van der Waals surface area contributed by atoms with Crippen LogP contribution >= 0.6 is 27.5 Å². The molecule has 1 aromatic carbocycles. The van der Waals surface area contributed by atoms with E-state index in [0.717, 1.165) is 5.56 Å². The fourth-order valence-corrected chi connectivity index (χ4v) is 3.52. The van der Waals surface area contributed by atoms with Crippen molar-refractivity contribution in [2.24, 2.45) is 0 Å². The summed E-state index contributed by atoms with van der Waals surface area (Å²) in [5, 5.41) is 4.57. The first-order valence-electron chi connectivity index (χ1n) is 7.67. The van der Waals surface area contributed by atoms with Crippen molar-refractivity contribution < 1.29 is 13.7 Å². The maximum absolute atomic E-state index is 12.4. The first-order chi connectivity index (χ1) is 12.0. The van der Waals surface area contributed by atoms with E-state index in [-0.39, 0.29) is 11.8 Å². The van der Waals surface area contributed by atoms with Crippen molar-refractivity contribution in [3.63, 3.8) is 0 Å². The fourth-order valence-electron chi connectivity index (χ4n) is 2.87. The van der Waals surface area contributed by atoms with Gasteiger partial charge in [0.2, 0.25) is 5.91 Å². The van der Waals surface area contributed by atoms with Gasteiger partial charge in [0, 0.05) is 18.9 Å². The lowest BCUT2D eigenvalue weighted by Crippen LogP contribution is -2.24. The van der Waals surface area contributed by atoms with Crippen LogP contribution in [0.2, 0.25) is 5.02 Å². The Labute approximate surface area is 156 Å². The first kappa shape index (κ1) is 16.4. The molecule has 0 saturated carbocycles. The SMILES string of the molecule is Cc1ccc(N2CC(c3noc(-c4ccc(Br)o4)n3)CC2=O)c(Cl)c1. The molecule has 0 N–H and O–H groups in total. The van der Waals surface area contributed by atoms with E-state index in [9.17, 15) is 4.79 Å². The van der Waals surface area contributed by atoms with Crippen LogP contribution < -0.4 is 4.90 Å². The van der Waals surface area contributed by atoms with E-state index in [1.54, 1.807) is 17.0 Å². The van der Waals surface area contributed by atoms with Gasteiger partial charge in [0.1, 0.15) is 0 Å². The van der Waals surface area contributed by atoms with Gasteiger partial charge in [-0.25, -0.2) is 0 Å². The second-order valence-electron chi connectivity index (χ2n) is 5.92. The van der Waals surface area contributed by atoms with E-state index in [2.05, 4.69) is 26.1 Å². The Kier molecular flexibility index (Phi) is 4.13. The Bertz CT molecular complexity index is 952. The minimum Gasteiger partial charge on any atom is -0.444 e. The molecular formula is C17H13BrClN3O3. The Balaban J connectivity index is 1.57. The van der Waals surface area contributed by atoms with Gasteiger partial charge in [0.25, 0.3) is 5.89 Å². The van der Waals surface area contributed by atoms with E-state index >= 15 is 0 Å². The molecular weight excluding hydrogens is 410 g/mol. The molecule has 1 amide bonds. The largest absolute Gasteiger partial charge is 0.444 e. The molecule has 6 nitrogen and oxygen atoms in total. The van der Waals surface area contributed by atoms with Gasteiger partial charge in [-0.2, -0.15) is 4.98 Å². The molecule has 2 aromatic heterocycles. The van der Waals surface area contributed by atoms with Gasteiger partial charge in [-0.15, -0.1) is 0 Å². The molecule has 128 valence electrons. The summed E-state index contributed by atoms with van der Waals surface area (Å²) in [4.78, 5) is 18.5. The zero-order valence-electron chi connectivity index (χ0n) is 13.2. The van der Waals surface area contributed by atoms with E-state index in [0.29, 0.717) is 45.8 Å². The number of rotatable bonds is 3. The van der Waals surface area contributed by atoms with Gasteiger partial charge in [0.15, 0.2) is 16.3 Å². The average Bonchev–Trinajstić information content (AvgIpc) is 3.27. The second kappa shape index (κ2) is 6.31. The van der Waals surface area contributed by atoms with Gasteiger partial charge in [0.05, 0.1) is 10.7 Å². The van der Waals surface area contributed by atoms with Crippen LogP contribution in [0.3, 0.4) is 0 Å². The van der Waals surface area contributed by atoms with Crippen LogP contribution in [-0.2, 0) is 4.79 Å². The molecule has 0 aliphatic carbocycles. The van der Waals surface area contributed by atoms with Gasteiger partial charge in [-0.3, -0.25) is 4.79 Å². The molecule has 1 aliphatic heterocycles. The van der Waals surface area contributed by atoms with Crippen LogP contribution in [0.5, 0.6) is 0 Å². The van der Waals surface area contributed by atoms with Crippen molar-refractivity contribution >= 4 is 39.1 Å². The molecule has 25 heavy (non-hydrogen) atoms. The van der Waals surface area contributed by atoms with E-state index in [1.165, 1.54) is 0 Å². The van der Waals surface area contributed by atoms with Crippen molar-refractivity contribution in [2.75, 3.05) is 11.4 Å². The molecule has 3 heterocycles. The van der Waals surface area contributed by atoms with Crippen molar-refractivity contribution in [3.05, 3.63) is 51.4 Å². The minimum absolute atomic E-state index is 0.0113. The third kappa shape index (κ3) is 3.09. The number of aromatic nitrogens is 2. The highest BCUT2D eigenvalue weighted by Gasteiger charge is 2.35. The minimum atomic E-state index is -0.152. The zero-order chi connectivity index (χ0) is 17.6. The number of carbonyl (C=O) groups is 1. The molecule has 0 spiro atoms. The summed E-state index contributed by atoms with van der Waals surface area (Å²) in [6, 6.07) is 9.13. The topological polar surface area (TPSA) is 72.4 Å². The number of halogens is 2. The predicted molar refractivity (Wildman–Crippen MR) is 95.6 cm³/mol. The number of hydrogen-bond acceptors (Lipinski definition) is 5. The molecule has 3 aromatic rings. The highest BCUT2D eigenvalue weighted by molar-refractivity contribution is 9.10. The fraction of sp³-hybridized carbons (Fsp3) is 0.235. The van der Waals surface area contributed by atoms with Crippen LogP contribution in [-0.4, -0.2) is 22.6 Å². The lowest BCUT2D eigenvalue weighted by Gasteiger charge is -2.18. The van der Waals surface area contributed by atoms with Crippen LogP contribution in [0, 0.1) is 6.92 Å². The number of nitrogens with zero attached hydrogens (tertiary/aromatic N) is 3. The van der Waals surface area contributed by atoms with E-state index < -0.39 is 0 Å². The van der Waals surface area contributed by atoms with Crippen LogP contribution in [0.15, 0.2) is 43.9 Å². The molecule has 1 atom stereocenters. The normalized spacial score (nSPS) is 17.5. The number of benzene rings is 1. The number of carbonyl (C=O) groups excluding carboxylic acids is 1. The Hall–Kier alpha value is -2.12. The monoisotopic (exact) mass is 421 g/mol. The van der Waals surface area contributed by atoms with E-state index in [4.69, 9.17) is 20.5 Å². The molecule has 8 heteroatoms. The first-order valence-corrected chi connectivity index (χ1v) is 8.84. The van der Waals surface area contributed by atoms with Crippen LogP contribution in [0.25, 0.3) is 11.7 Å². The smallest absolute Gasteiger partial charge is 0.293 e. The molecule has 0 bridgehead atoms. The lowest BCUT2D eigenvalue weighted by molar-refractivity contribution is -0.117. The van der Waals surface area contributed by atoms with Gasteiger partial charge >= 0.3 is 0 Å².